The SMILES string of the molecule is CC(C)c1nccn1CCCNC(=O)C1CCC(=O)N(CC2CCCCC2)C1. The Morgan fingerprint density at radius 1 is 1.25 bits per heavy atom. The number of hydrogen-bond acceptors (Lipinski definition) is 3. The molecule has 28 heavy (non-hydrogen) atoms. The van der Waals surface area contributed by atoms with Crippen molar-refractivity contribution in [3.8, 4) is 0 Å². The van der Waals surface area contributed by atoms with Crippen LogP contribution in [0.5, 0.6) is 0 Å². The zero-order chi connectivity index (χ0) is 19.9. The largest absolute Gasteiger partial charge is 0.356 e. The lowest BCUT2D eigenvalue weighted by atomic mass is 9.87. The highest BCUT2D eigenvalue weighted by atomic mass is 16.2. The second-order valence-corrected chi connectivity index (χ2v) is 8.82. The van der Waals surface area contributed by atoms with Crippen LogP contribution < -0.4 is 5.32 Å². The minimum atomic E-state index is -0.0549. The molecule has 1 aromatic heterocycles. The summed E-state index contributed by atoms with van der Waals surface area (Å²) >= 11 is 0. The minimum absolute atomic E-state index is 0.0549. The molecule has 2 amide bonds. The predicted molar refractivity (Wildman–Crippen MR) is 110 cm³/mol. The number of rotatable bonds is 8. The molecule has 6 nitrogen and oxygen atoms in total. The van der Waals surface area contributed by atoms with Crippen molar-refractivity contribution >= 4 is 11.8 Å². The molecule has 0 radical (unpaired) electrons. The highest BCUT2D eigenvalue weighted by Gasteiger charge is 2.31. The summed E-state index contributed by atoms with van der Waals surface area (Å²) in [7, 11) is 0. The van der Waals surface area contributed by atoms with Crippen molar-refractivity contribution in [1.82, 2.24) is 19.8 Å². The zero-order valence-corrected chi connectivity index (χ0v) is 17.5. The van der Waals surface area contributed by atoms with Crippen LogP contribution in [0.3, 0.4) is 0 Å². The van der Waals surface area contributed by atoms with E-state index in [2.05, 4.69) is 28.7 Å². The first-order valence-corrected chi connectivity index (χ1v) is 11.1. The number of hydrogen-bond donors (Lipinski definition) is 1. The summed E-state index contributed by atoms with van der Waals surface area (Å²) in [5.74, 6) is 2.41. The van der Waals surface area contributed by atoms with Crippen LogP contribution in [0.4, 0.5) is 0 Å². The summed E-state index contributed by atoms with van der Waals surface area (Å²) in [4.78, 5) is 31.3. The van der Waals surface area contributed by atoms with Gasteiger partial charge in [0.1, 0.15) is 5.82 Å². The Balaban J connectivity index is 1.41. The third-order valence-corrected chi connectivity index (χ3v) is 6.21. The first kappa shape index (κ1) is 20.9. The summed E-state index contributed by atoms with van der Waals surface area (Å²) < 4.78 is 2.17. The van der Waals surface area contributed by atoms with Crippen LogP contribution in [0.25, 0.3) is 0 Å². The van der Waals surface area contributed by atoms with Gasteiger partial charge in [-0.1, -0.05) is 33.1 Å². The van der Waals surface area contributed by atoms with Crippen molar-refractivity contribution in [2.45, 2.75) is 77.7 Å². The number of carbonyl (C=O) groups excluding carboxylic acids is 2. The molecule has 1 N–H and O–H groups in total. The molecule has 2 fully saturated rings. The van der Waals surface area contributed by atoms with Gasteiger partial charge in [-0.2, -0.15) is 0 Å². The maximum Gasteiger partial charge on any atom is 0.224 e. The van der Waals surface area contributed by atoms with Gasteiger partial charge in [-0.25, -0.2) is 4.98 Å². The molecule has 1 unspecified atom stereocenters. The molecule has 0 aromatic carbocycles. The van der Waals surface area contributed by atoms with Crippen LogP contribution >= 0.6 is 0 Å². The first-order valence-electron chi connectivity index (χ1n) is 11.1. The normalized spacial score (nSPS) is 21.3. The summed E-state index contributed by atoms with van der Waals surface area (Å²) in [6, 6.07) is 0. The second kappa shape index (κ2) is 10.1. The topological polar surface area (TPSA) is 67.2 Å². The Kier molecular flexibility index (Phi) is 7.51. The summed E-state index contributed by atoms with van der Waals surface area (Å²) in [5.41, 5.74) is 0. The molecule has 2 aliphatic rings. The zero-order valence-electron chi connectivity index (χ0n) is 17.5. The Hall–Kier alpha value is -1.85. The van der Waals surface area contributed by atoms with E-state index >= 15 is 0 Å². The molecule has 1 saturated carbocycles. The van der Waals surface area contributed by atoms with Crippen LogP contribution in [0.15, 0.2) is 12.4 Å². The van der Waals surface area contributed by atoms with Gasteiger partial charge >= 0.3 is 0 Å². The number of aryl methyl sites for hydroxylation is 1. The van der Waals surface area contributed by atoms with Crippen LogP contribution in [0.2, 0.25) is 0 Å². The molecule has 1 aliphatic carbocycles. The molecule has 2 heterocycles. The quantitative estimate of drug-likeness (QED) is 0.695. The van der Waals surface area contributed by atoms with Gasteiger partial charge in [-0.05, 0) is 31.6 Å². The van der Waals surface area contributed by atoms with Gasteiger partial charge in [0, 0.05) is 50.9 Å². The molecule has 1 saturated heterocycles. The van der Waals surface area contributed by atoms with Crippen molar-refractivity contribution in [2.24, 2.45) is 11.8 Å². The van der Waals surface area contributed by atoms with Gasteiger partial charge < -0.3 is 14.8 Å². The Morgan fingerprint density at radius 2 is 2.04 bits per heavy atom. The van der Waals surface area contributed by atoms with Crippen molar-refractivity contribution in [2.75, 3.05) is 19.6 Å². The second-order valence-electron chi connectivity index (χ2n) is 8.82. The van der Waals surface area contributed by atoms with E-state index in [0.29, 0.717) is 37.8 Å². The maximum atomic E-state index is 12.6. The number of piperidine rings is 1. The lowest BCUT2D eigenvalue weighted by Gasteiger charge is -2.35. The maximum absolute atomic E-state index is 12.6. The molecular formula is C22H36N4O2. The number of nitrogens with one attached hydrogen (secondary N) is 1. The third kappa shape index (κ3) is 5.58. The standard InChI is InChI=1S/C22H36N4O2/c1-17(2)21-23-12-14-25(21)13-6-11-24-22(28)19-9-10-20(27)26(16-19)15-18-7-4-3-5-8-18/h12,14,17-19H,3-11,13,15-16H2,1-2H3,(H,24,28). The number of amides is 2. The van der Waals surface area contributed by atoms with E-state index in [1.54, 1.807) is 0 Å². The lowest BCUT2D eigenvalue weighted by Crippen LogP contribution is -2.47. The summed E-state index contributed by atoms with van der Waals surface area (Å²) in [6.45, 7) is 7.27. The van der Waals surface area contributed by atoms with Gasteiger partial charge in [-0.15, -0.1) is 0 Å². The third-order valence-electron chi connectivity index (χ3n) is 6.21. The molecule has 6 heteroatoms. The van der Waals surface area contributed by atoms with Crippen LogP contribution in [-0.2, 0) is 16.1 Å². The van der Waals surface area contributed by atoms with Crippen molar-refractivity contribution in [3.05, 3.63) is 18.2 Å². The van der Waals surface area contributed by atoms with Crippen molar-refractivity contribution in [3.63, 3.8) is 0 Å². The Bertz CT molecular complexity index is 649. The average Bonchev–Trinajstić information content (AvgIpc) is 3.16. The van der Waals surface area contributed by atoms with E-state index in [1.807, 2.05) is 17.3 Å². The van der Waals surface area contributed by atoms with Gasteiger partial charge in [0.25, 0.3) is 0 Å². The number of carbonyl (C=O) groups is 2. The van der Waals surface area contributed by atoms with Gasteiger partial charge in [-0.3, -0.25) is 9.59 Å². The molecule has 1 atom stereocenters. The number of likely N-dealkylation sites (tertiary alicyclic amines) is 1. The highest BCUT2D eigenvalue weighted by molar-refractivity contribution is 5.83. The average molecular weight is 389 g/mol. The fourth-order valence-electron chi connectivity index (χ4n) is 4.60. The van der Waals surface area contributed by atoms with Crippen molar-refractivity contribution in [1.29, 1.82) is 0 Å². The monoisotopic (exact) mass is 388 g/mol. The Labute approximate surface area is 169 Å². The molecule has 0 bridgehead atoms. The number of nitrogens with zero attached hydrogens (tertiary/aromatic N) is 3. The molecular weight excluding hydrogens is 352 g/mol. The van der Waals surface area contributed by atoms with E-state index in [9.17, 15) is 9.59 Å². The van der Waals surface area contributed by atoms with E-state index in [0.717, 1.165) is 25.3 Å². The molecule has 0 spiro atoms. The first-order chi connectivity index (χ1) is 13.5. The summed E-state index contributed by atoms with van der Waals surface area (Å²) in [5, 5.41) is 3.09. The summed E-state index contributed by atoms with van der Waals surface area (Å²) in [6.07, 6.45) is 12.3. The van der Waals surface area contributed by atoms with E-state index < -0.39 is 0 Å². The van der Waals surface area contributed by atoms with Crippen LogP contribution in [0, 0.1) is 11.8 Å². The van der Waals surface area contributed by atoms with E-state index in [-0.39, 0.29) is 17.7 Å². The Morgan fingerprint density at radius 3 is 2.79 bits per heavy atom. The molecule has 156 valence electrons. The molecule has 1 aliphatic heterocycles. The van der Waals surface area contributed by atoms with Crippen LogP contribution in [-0.4, -0.2) is 45.9 Å². The minimum Gasteiger partial charge on any atom is -0.356 e. The fraction of sp³-hybridized carbons (Fsp3) is 0.773. The lowest BCUT2D eigenvalue weighted by molar-refractivity contribution is -0.139. The fourth-order valence-corrected chi connectivity index (χ4v) is 4.60. The van der Waals surface area contributed by atoms with Gasteiger partial charge in [0.15, 0.2) is 0 Å². The van der Waals surface area contributed by atoms with E-state index in [1.165, 1.54) is 32.1 Å². The highest BCUT2D eigenvalue weighted by Crippen LogP contribution is 2.27. The molecule has 1 aromatic rings. The van der Waals surface area contributed by atoms with Gasteiger partial charge in [0.05, 0.1) is 5.92 Å². The number of aromatic nitrogens is 2. The van der Waals surface area contributed by atoms with Crippen molar-refractivity contribution < 1.29 is 9.59 Å². The van der Waals surface area contributed by atoms with E-state index in [4.69, 9.17) is 0 Å². The van der Waals surface area contributed by atoms with Gasteiger partial charge in [0.2, 0.25) is 11.8 Å². The predicted octanol–water partition coefficient (Wildman–Crippen LogP) is 3.33. The smallest absolute Gasteiger partial charge is 0.224 e. The van der Waals surface area contributed by atoms with Crippen LogP contribution in [0.1, 0.15) is 77.0 Å². The number of imidazole rings is 1. The molecule has 3 rings (SSSR count).